The number of urea groups is 1. The first-order valence-electron chi connectivity index (χ1n) is 6.98. The van der Waals surface area contributed by atoms with E-state index in [1.165, 1.54) is 4.88 Å². The fourth-order valence-corrected chi connectivity index (χ4v) is 2.99. The van der Waals surface area contributed by atoms with Crippen LogP contribution in [0.4, 0.5) is 4.79 Å². The Morgan fingerprint density at radius 2 is 2.19 bits per heavy atom. The van der Waals surface area contributed by atoms with Crippen LogP contribution >= 0.6 is 11.3 Å². The van der Waals surface area contributed by atoms with Crippen LogP contribution < -0.4 is 10.6 Å². The molecule has 0 aliphatic carbocycles. The quantitative estimate of drug-likeness (QED) is 0.891. The molecule has 0 aliphatic rings. The average molecular weight is 307 g/mol. The Morgan fingerprint density at radius 3 is 2.76 bits per heavy atom. The van der Waals surface area contributed by atoms with Crippen molar-refractivity contribution >= 4 is 17.4 Å². The molecule has 2 aromatic heterocycles. The van der Waals surface area contributed by atoms with E-state index in [0.29, 0.717) is 6.54 Å². The normalized spacial score (nSPS) is 12.2. The summed E-state index contributed by atoms with van der Waals surface area (Å²) in [6.07, 6.45) is 2.61. The van der Waals surface area contributed by atoms with Gasteiger partial charge >= 0.3 is 6.03 Å². The first-order valence-corrected chi connectivity index (χ1v) is 7.80. The van der Waals surface area contributed by atoms with Gasteiger partial charge in [-0.2, -0.15) is 0 Å². The van der Waals surface area contributed by atoms with Crippen molar-refractivity contribution in [3.63, 3.8) is 0 Å². The number of hydrogen-bond acceptors (Lipinski definition) is 4. The molecule has 0 fully saturated rings. The summed E-state index contributed by atoms with van der Waals surface area (Å²) in [4.78, 5) is 17.3. The van der Waals surface area contributed by atoms with Gasteiger partial charge in [-0.25, -0.2) is 9.78 Å². The van der Waals surface area contributed by atoms with E-state index in [-0.39, 0.29) is 12.1 Å². The summed E-state index contributed by atoms with van der Waals surface area (Å²) in [6.45, 7) is 8.36. The fraction of sp³-hybridized carbons (Fsp3) is 0.467. The van der Waals surface area contributed by atoms with Gasteiger partial charge in [0.1, 0.15) is 11.5 Å². The minimum Gasteiger partial charge on any atom is -0.466 e. The third-order valence-electron chi connectivity index (χ3n) is 3.19. The lowest BCUT2D eigenvalue weighted by Crippen LogP contribution is -2.38. The molecule has 2 amide bonds. The van der Waals surface area contributed by atoms with E-state index in [2.05, 4.69) is 15.6 Å². The predicted octanol–water partition coefficient (Wildman–Crippen LogP) is 3.26. The number of aromatic nitrogens is 1. The second-order valence-corrected chi connectivity index (χ2v) is 6.42. The van der Waals surface area contributed by atoms with Crippen molar-refractivity contribution in [3.8, 4) is 0 Å². The molecule has 0 bridgehead atoms. The van der Waals surface area contributed by atoms with Crippen LogP contribution in [-0.4, -0.2) is 17.6 Å². The van der Waals surface area contributed by atoms with Crippen LogP contribution in [0.15, 0.2) is 16.7 Å². The van der Waals surface area contributed by atoms with Crippen molar-refractivity contribution in [2.24, 2.45) is 0 Å². The summed E-state index contributed by atoms with van der Waals surface area (Å²) in [7, 11) is 0. The fourth-order valence-electron chi connectivity index (χ4n) is 2.21. The summed E-state index contributed by atoms with van der Waals surface area (Å²) in [5.41, 5.74) is 1.01. The molecule has 0 saturated heterocycles. The van der Waals surface area contributed by atoms with Crippen LogP contribution in [0.25, 0.3) is 0 Å². The van der Waals surface area contributed by atoms with Gasteiger partial charge in [-0.1, -0.05) is 0 Å². The minimum absolute atomic E-state index is 0.0791. The highest BCUT2D eigenvalue weighted by Gasteiger charge is 2.14. The zero-order chi connectivity index (χ0) is 15.4. The molecular formula is C15H21N3O2S. The summed E-state index contributed by atoms with van der Waals surface area (Å²) in [6, 6.07) is 1.71. The maximum atomic E-state index is 11.9. The van der Waals surface area contributed by atoms with E-state index in [4.69, 9.17) is 4.42 Å². The van der Waals surface area contributed by atoms with Gasteiger partial charge in [-0.3, -0.25) is 0 Å². The Morgan fingerprint density at radius 1 is 1.43 bits per heavy atom. The molecule has 114 valence electrons. The lowest BCUT2D eigenvalue weighted by atomic mass is 10.1. The van der Waals surface area contributed by atoms with Crippen molar-refractivity contribution in [3.05, 3.63) is 39.2 Å². The number of nitrogens with one attached hydrogen (secondary N) is 2. The summed E-state index contributed by atoms with van der Waals surface area (Å²) < 4.78 is 5.48. The first-order chi connectivity index (χ1) is 9.95. The van der Waals surface area contributed by atoms with Crippen molar-refractivity contribution in [2.45, 2.75) is 40.2 Å². The van der Waals surface area contributed by atoms with Gasteiger partial charge in [0, 0.05) is 29.6 Å². The van der Waals surface area contributed by atoms with Crippen molar-refractivity contribution in [1.29, 1.82) is 0 Å². The van der Waals surface area contributed by atoms with Crippen LogP contribution in [0.1, 0.15) is 39.9 Å². The molecule has 0 aromatic carbocycles. The Balaban J connectivity index is 1.77. The van der Waals surface area contributed by atoms with Gasteiger partial charge in [0.25, 0.3) is 0 Å². The number of thiazole rings is 1. The summed E-state index contributed by atoms with van der Waals surface area (Å²) in [5.74, 6) is 1.70. The molecule has 1 atom stereocenters. The van der Waals surface area contributed by atoms with Crippen LogP contribution in [0.3, 0.4) is 0 Å². The highest BCUT2D eigenvalue weighted by atomic mass is 32.1. The molecule has 0 aliphatic heterocycles. The zero-order valence-corrected chi connectivity index (χ0v) is 13.6. The molecule has 2 N–H and O–H groups in total. The summed E-state index contributed by atoms with van der Waals surface area (Å²) >= 11 is 1.66. The number of carbonyl (C=O) groups excluding carboxylic acids is 1. The zero-order valence-electron chi connectivity index (χ0n) is 12.8. The second kappa shape index (κ2) is 6.76. The Labute approximate surface area is 128 Å². The van der Waals surface area contributed by atoms with Gasteiger partial charge in [-0.15, -0.1) is 11.3 Å². The van der Waals surface area contributed by atoms with Gasteiger partial charge in [-0.05, 0) is 33.8 Å². The van der Waals surface area contributed by atoms with Gasteiger partial charge in [0.15, 0.2) is 0 Å². The van der Waals surface area contributed by atoms with Crippen molar-refractivity contribution < 1.29 is 9.21 Å². The highest BCUT2D eigenvalue weighted by Crippen LogP contribution is 2.20. The lowest BCUT2D eigenvalue weighted by Gasteiger charge is -2.13. The number of nitrogens with zero attached hydrogens (tertiary/aromatic N) is 1. The van der Waals surface area contributed by atoms with Gasteiger partial charge in [0.2, 0.25) is 0 Å². The van der Waals surface area contributed by atoms with E-state index in [0.717, 1.165) is 28.5 Å². The molecule has 5 nitrogen and oxygen atoms in total. The van der Waals surface area contributed by atoms with E-state index in [9.17, 15) is 4.79 Å². The number of rotatable bonds is 5. The van der Waals surface area contributed by atoms with Crippen molar-refractivity contribution in [2.75, 3.05) is 6.54 Å². The van der Waals surface area contributed by atoms with Crippen LogP contribution in [0.2, 0.25) is 0 Å². The third-order valence-corrected chi connectivity index (χ3v) is 4.16. The van der Waals surface area contributed by atoms with E-state index in [1.807, 2.05) is 40.0 Å². The molecule has 0 spiro atoms. The maximum absolute atomic E-state index is 11.9. The van der Waals surface area contributed by atoms with Gasteiger partial charge in [0.05, 0.1) is 11.0 Å². The predicted molar refractivity (Wildman–Crippen MR) is 83.7 cm³/mol. The minimum atomic E-state index is -0.172. The second-order valence-electron chi connectivity index (χ2n) is 5.11. The van der Waals surface area contributed by atoms with Gasteiger partial charge < -0.3 is 15.1 Å². The molecule has 2 aromatic rings. The first kappa shape index (κ1) is 15.6. The molecular weight excluding hydrogens is 286 g/mol. The number of furan rings is 1. The Bertz CT molecular complexity index is 618. The molecule has 0 radical (unpaired) electrons. The smallest absolute Gasteiger partial charge is 0.315 e. The molecule has 0 unspecified atom stereocenters. The van der Waals surface area contributed by atoms with Crippen molar-refractivity contribution in [1.82, 2.24) is 15.6 Å². The largest absolute Gasteiger partial charge is 0.466 e. The maximum Gasteiger partial charge on any atom is 0.315 e. The molecule has 0 saturated carbocycles. The summed E-state index contributed by atoms with van der Waals surface area (Å²) in [5, 5.41) is 6.81. The standard InChI is InChI=1S/C15H21N3O2S/c1-9-7-13(12(4)20-9)11(3)18-15(19)16-6-5-14-17-8-10(2)21-14/h7-8,11H,5-6H2,1-4H3,(H2,16,18,19)/t11-/m0/s1. The number of aryl methyl sites for hydroxylation is 3. The molecule has 21 heavy (non-hydrogen) atoms. The number of amides is 2. The van der Waals surface area contributed by atoms with E-state index >= 15 is 0 Å². The Kier molecular flexibility index (Phi) is 5.01. The monoisotopic (exact) mass is 307 g/mol. The number of hydrogen-bond donors (Lipinski definition) is 2. The van der Waals surface area contributed by atoms with E-state index in [1.54, 1.807) is 11.3 Å². The van der Waals surface area contributed by atoms with E-state index < -0.39 is 0 Å². The highest BCUT2D eigenvalue weighted by molar-refractivity contribution is 7.11. The van der Waals surface area contributed by atoms with Crippen LogP contribution in [0.5, 0.6) is 0 Å². The van der Waals surface area contributed by atoms with Crippen LogP contribution in [-0.2, 0) is 6.42 Å². The lowest BCUT2D eigenvalue weighted by molar-refractivity contribution is 0.238. The average Bonchev–Trinajstić information content (AvgIpc) is 2.95. The Hall–Kier alpha value is -1.82. The third kappa shape index (κ3) is 4.32. The molecule has 2 rings (SSSR count). The molecule has 6 heteroatoms. The van der Waals surface area contributed by atoms with Crippen LogP contribution in [0, 0.1) is 20.8 Å². The number of carbonyl (C=O) groups is 1. The molecule has 2 heterocycles. The topological polar surface area (TPSA) is 67.2 Å². The SMILES string of the molecule is Cc1cc([C@H](C)NC(=O)NCCc2ncc(C)s2)c(C)o1.